The molecule has 3 heterocycles. The van der Waals surface area contributed by atoms with E-state index in [1.54, 1.807) is 0 Å². The maximum absolute atomic E-state index is 13.4. The van der Waals surface area contributed by atoms with Crippen molar-refractivity contribution in [3.05, 3.63) is 51.0 Å². The van der Waals surface area contributed by atoms with E-state index < -0.39 is 0 Å². The smallest absolute Gasteiger partial charge is 0.266 e. The highest BCUT2D eigenvalue weighted by Gasteiger charge is 2.27. The van der Waals surface area contributed by atoms with Crippen molar-refractivity contribution in [1.29, 1.82) is 0 Å². The molecule has 5 rings (SSSR count). The van der Waals surface area contributed by atoms with Crippen LogP contribution in [0, 0.1) is 6.92 Å². The quantitative estimate of drug-likeness (QED) is 0.542. The van der Waals surface area contributed by atoms with Crippen molar-refractivity contribution in [2.24, 2.45) is 0 Å². The number of pyridine rings is 1. The topological polar surface area (TPSA) is 62.5 Å². The highest BCUT2D eigenvalue weighted by Crippen LogP contribution is 2.36. The molecule has 7 heteroatoms. The number of piperazine rings is 1. The first kappa shape index (κ1) is 21.5. The number of aromatic nitrogens is 1. The lowest BCUT2D eigenvalue weighted by Crippen LogP contribution is -2.49. The number of nitrogens with zero attached hydrogens (tertiary/aromatic N) is 3. The number of thiophene rings is 1. The number of nitrogen functional groups attached to an aromatic ring is 1. The van der Waals surface area contributed by atoms with E-state index in [4.69, 9.17) is 22.3 Å². The summed E-state index contributed by atoms with van der Waals surface area (Å²) in [5.41, 5.74) is 12.0. The lowest BCUT2D eigenvalue weighted by molar-refractivity contribution is 0.0752. The van der Waals surface area contributed by atoms with Gasteiger partial charge in [-0.15, -0.1) is 11.3 Å². The van der Waals surface area contributed by atoms with Crippen LogP contribution in [-0.4, -0.2) is 42.0 Å². The molecular weight excluding hydrogens is 440 g/mol. The largest absolute Gasteiger partial charge is 0.397 e. The minimum atomic E-state index is 0.0281. The molecule has 1 fully saturated rings. The predicted octanol–water partition coefficient (Wildman–Crippen LogP) is 5.46. The van der Waals surface area contributed by atoms with Gasteiger partial charge in [0.25, 0.3) is 5.91 Å². The molecule has 168 valence electrons. The fraction of sp³-hybridized carbons (Fsp3) is 0.440. The highest BCUT2D eigenvalue weighted by atomic mass is 35.5. The average Bonchev–Trinajstić information content (AvgIpc) is 3.10. The lowest BCUT2D eigenvalue weighted by Gasteiger charge is -2.36. The lowest BCUT2D eigenvalue weighted by atomic mass is 9.96. The molecule has 5 nitrogen and oxygen atoms in total. The number of anilines is 2. The molecule has 0 spiro atoms. The van der Waals surface area contributed by atoms with E-state index in [-0.39, 0.29) is 5.91 Å². The van der Waals surface area contributed by atoms with E-state index in [1.807, 2.05) is 23.1 Å². The predicted molar refractivity (Wildman–Crippen MR) is 134 cm³/mol. The van der Waals surface area contributed by atoms with Crippen LogP contribution in [0.4, 0.5) is 11.4 Å². The summed E-state index contributed by atoms with van der Waals surface area (Å²) < 4.78 is 0. The van der Waals surface area contributed by atoms with Crippen LogP contribution in [0.15, 0.2) is 24.3 Å². The molecule has 1 amide bonds. The van der Waals surface area contributed by atoms with E-state index >= 15 is 0 Å². The molecular formula is C25H29ClN4OS. The molecule has 2 aromatic heterocycles. The summed E-state index contributed by atoms with van der Waals surface area (Å²) in [7, 11) is 0. The number of amides is 1. The molecule has 1 saturated heterocycles. The third-order valence-electron chi connectivity index (χ3n) is 6.77. The molecule has 1 aromatic carbocycles. The fourth-order valence-corrected chi connectivity index (χ4v) is 6.12. The minimum absolute atomic E-state index is 0.0281. The van der Waals surface area contributed by atoms with Crippen molar-refractivity contribution in [1.82, 2.24) is 9.88 Å². The Morgan fingerprint density at radius 3 is 2.59 bits per heavy atom. The Hall–Kier alpha value is -2.31. The van der Waals surface area contributed by atoms with Crippen LogP contribution in [0.1, 0.15) is 52.2 Å². The van der Waals surface area contributed by atoms with Gasteiger partial charge in [-0.05, 0) is 61.9 Å². The maximum Gasteiger partial charge on any atom is 0.266 e. The van der Waals surface area contributed by atoms with Crippen molar-refractivity contribution in [3.8, 4) is 0 Å². The molecule has 0 saturated carbocycles. The highest BCUT2D eigenvalue weighted by molar-refractivity contribution is 7.21. The molecule has 0 bridgehead atoms. The standard InChI is InChI=1S/C25H29ClN4OS/c1-16-8-9-18(26)15-21(16)29-10-12-30(13-11-29)25(31)23-22(27)19-14-17-6-4-2-3-5-7-20(17)28-24(19)32-23/h8-9,14-15H,2-7,10-13,27H2,1H3. The Kier molecular flexibility index (Phi) is 5.99. The summed E-state index contributed by atoms with van der Waals surface area (Å²) in [4.78, 5) is 24.1. The minimum Gasteiger partial charge on any atom is -0.397 e. The molecule has 3 aromatic rings. The summed E-state index contributed by atoms with van der Waals surface area (Å²) in [5, 5.41) is 1.69. The number of hydrogen-bond donors (Lipinski definition) is 1. The van der Waals surface area contributed by atoms with Crippen molar-refractivity contribution in [2.75, 3.05) is 36.8 Å². The van der Waals surface area contributed by atoms with E-state index in [1.165, 1.54) is 53.8 Å². The normalized spacial score (nSPS) is 17.2. The van der Waals surface area contributed by atoms with Crippen LogP contribution in [0.25, 0.3) is 10.2 Å². The number of halogens is 1. The van der Waals surface area contributed by atoms with Crippen molar-refractivity contribution >= 4 is 50.4 Å². The number of fused-ring (bicyclic) bond motifs is 2. The van der Waals surface area contributed by atoms with Gasteiger partial charge in [-0.2, -0.15) is 0 Å². The van der Waals surface area contributed by atoms with Crippen LogP contribution in [0.5, 0.6) is 0 Å². The van der Waals surface area contributed by atoms with Gasteiger partial charge in [-0.1, -0.05) is 30.5 Å². The zero-order valence-corrected chi connectivity index (χ0v) is 20.1. The number of rotatable bonds is 2. The third kappa shape index (κ3) is 4.06. The van der Waals surface area contributed by atoms with Gasteiger partial charge in [0, 0.05) is 48.0 Å². The Morgan fingerprint density at radius 1 is 1.06 bits per heavy atom. The Bertz CT molecular complexity index is 1170. The molecule has 1 aliphatic heterocycles. The monoisotopic (exact) mass is 468 g/mol. The van der Waals surface area contributed by atoms with Crippen molar-refractivity contribution in [3.63, 3.8) is 0 Å². The van der Waals surface area contributed by atoms with Crippen molar-refractivity contribution < 1.29 is 4.79 Å². The van der Waals surface area contributed by atoms with Crippen LogP contribution >= 0.6 is 22.9 Å². The maximum atomic E-state index is 13.4. The van der Waals surface area contributed by atoms with Crippen LogP contribution < -0.4 is 10.6 Å². The first-order valence-electron chi connectivity index (χ1n) is 11.5. The average molecular weight is 469 g/mol. The number of hydrogen-bond acceptors (Lipinski definition) is 5. The fourth-order valence-electron chi connectivity index (χ4n) is 4.89. The summed E-state index contributed by atoms with van der Waals surface area (Å²) in [5.74, 6) is 0.0281. The number of aryl methyl sites for hydroxylation is 3. The summed E-state index contributed by atoms with van der Waals surface area (Å²) in [6, 6.07) is 8.17. The van der Waals surface area contributed by atoms with Gasteiger partial charge in [0.05, 0.1) is 5.69 Å². The second-order valence-corrected chi connectivity index (χ2v) is 10.4. The van der Waals surface area contributed by atoms with Gasteiger partial charge in [-0.25, -0.2) is 4.98 Å². The molecule has 0 radical (unpaired) electrons. The first-order valence-corrected chi connectivity index (χ1v) is 12.7. The van der Waals surface area contributed by atoms with E-state index in [9.17, 15) is 4.79 Å². The van der Waals surface area contributed by atoms with Gasteiger partial charge in [0.2, 0.25) is 0 Å². The molecule has 2 N–H and O–H groups in total. The Labute approximate surface area is 198 Å². The van der Waals surface area contributed by atoms with Gasteiger partial charge in [0.15, 0.2) is 0 Å². The van der Waals surface area contributed by atoms with Gasteiger partial charge in [0.1, 0.15) is 9.71 Å². The van der Waals surface area contributed by atoms with Crippen LogP contribution in [-0.2, 0) is 12.8 Å². The second kappa shape index (κ2) is 8.91. The third-order valence-corrected chi connectivity index (χ3v) is 8.11. The molecule has 0 atom stereocenters. The number of carbonyl (C=O) groups excluding carboxylic acids is 1. The van der Waals surface area contributed by atoms with Gasteiger partial charge < -0.3 is 15.5 Å². The number of carbonyl (C=O) groups is 1. The van der Waals surface area contributed by atoms with Gasteiger partial charge >= 0.3 is 0 Å². The van der Waals surface area contributed by atoms with Gasteiger partial charge in [-0.3, -0.25) is 4.79 Å². The summed E-state index contributed by atoms with van der Waals surface area (Å²) in [6.45, 7) is 5.00. The summed E-state index contributed by atoms with van der Waals surface area (Å²) in [6.07, 6.45) is 7.02. The SMILES string of the molecule is Cc1ccc(Cl)cc1N1CCN(C(=O)c2sc3nc4c(cc3c2N)CCCCCC4)CC1. The van der Waals surface area contributed by atoms with Crippen LogP contribution in [0.3, 0.4) is 0 Å². The molecule has 2 aliphatic rings. The summed E-state index contributed by atoms with van der Waals surface area (Å²) >= 11 is 7.66. The number of nitrogens with two attached hydrogens (primary N) is 1. The van der Waals surface area contributed by atoms with Crippen molar-refractivity contribution in [2.45, 2.75) is 45.4 Å². The zero-order valence-electron chi connectivity index (χ0n) is 18.5. The first-order chi connectivity index (χ1) is 15.5. The zero-order chi connectivity index (χ0) is 22.2. The van der Waals surface area contributed by atoms with E-state index in [0.29, 0.717) is 23.7 Å². The molecule has 0 unspecified atom stereocenters. The number of benzene rings is 1. The molecule has 32 heavy (non-hydrogen) atoms. The van der Waals surface area contributed by atoms with E-state index in [2.05, 4.69) is 17.9 Å². The van der Waals surface area contributed by atoms with Crippen LogP contribution in [0.2, 0.25) is 5.02 Å². The molecule has 1 aliphatic carbocycles. The second-order valence-electron chi connectivity index (χ2n) is 8.92. The Morgan fingerprint density at radius 2 is 1.81 bits per heavy atom. The Balaban J connectivity index is 1.36. The van der Waals surface area contributed by atoms with E-state index in [0.717, 1.165) is 46.9 Å².